The van der Waals surface area contributed by atoms with Crippen LogP contribution in [0.5, 0.6) is 5.75 Å². The number of benzene rings is 3. The SMILES string of the molecule is BCOc1ccc(-c2ccc(-c3ccc(C4CCC(CCC)CC4)c(F)c3)cc2)c(F)c1F. The Morgan fingerprint density at radius 1 is 0.818 bits per heavy atom. The van der Waals surface area contributed by atoms with Crippen LogP contribution in [0.3, 0.4) is 0 Å². The van der Waals surface area contributed by atoms with Crippen LogP contribution < -0.4 is 4.74 Å². The van der Waals surface area contributed by atoms with E-state index in [1.807, 2.05) is 24.3 Å². The summed E-state index contributed by atoms with van der Waals surface area (Å²) in [6, 6.07) is 15.5. The predicted molar refractivity (Wildman–Crippen MR) is 131 cm³/mol. The molecule has 1 nitrogen and oxygen atoms in total. The molecule has 0 unspecified atom stereocenters. The van der Waals surface area contributed by atoms with Crippen LogP contribution in [-0.4, -0.2) is 14.4 Å². The first-order chi connectivity index (χ1) is 16.0. The summed E-state index contributed by atoms with van der Waals surface area (Å²) in [5.74, 6) is -1.08. The van der Waals surface area contributed by atoms with E-state index in [9.17, 15) is 8.78 Å². The molecule has 0 aliphatic heterocycles. The zero-order chi connectivity index (χ0) is 23.4. The van der Waals surface area contributed by atoms with Crippen molar-refractivity contribution in [3.63, 3.8) is 0 Å². The van der Waals surface area contributed by atoms with Gasteiger partial charge in [0.25, 0.3) is 0 Å². The maximum atomic E-state index is 15.0. The molecule has 0 radical (unpaired) electrons. The van der Waals surface area contributed by atoms with Gasteiger partial charge in [-0.25, -0.2) is 8.78 Å². The summed E-state index contributed by atoms with van der Waals surface area (Å²) in [5.41, 5.74) is 3.16. The maximum Gasteiger partial charge on any atom is 0.201 e. The first kappa shape index (κ1) is 23.5. The highest BCUT2D eigenvalue weighted by Gasteiger charge is 2.24. The molecule has 33 heavy (non-hydrogen) atoms. The van der Waals surface area contributed by atoms with Crippen molar-refractivity contribution in [3.05, 3.63) is 77.6 Å². The summed E-state index contributed by atoms with van der Waals surface area (Å²) in [4.78, 5) is 0. The first-order valence-corrected chi connectivity index (χ1v) is 12.0. The molecule has 0 amide bonds. The normalized spacial score (nSPS) is 18.3. The highest BCUT2D eigenvalue weighted by molar-refractivity contribution is 6.08. The van der Waals surface area contributed by atoms with E-state index < -0.39 is 11.6 Å². The molecule has 0 N–H and O–H groups in total. The van der Waals surface area contributed by atoms with Gasteiger partial charge in [-0.3, -0.25) is 0 Å². The minimum Gasteiger partial charge on any atom is -0.500 e. The standard InChI is InChI=1S/C28H30BF3O/c1-2-3-18-4-6-20(7-5-18)23-13-12-22(16-25(23)30)19-8-10-21(11-9-19)24-14-15-26(33-17-29)28(32)27(24)31/h8-16,18,20H,2-7,17,29H2,1H3. The van der Waals surface area contributed by atoms with Gasteiger partial charge >= 0.3 is 0 Å². The molecule has 3 aromatic carbocycles. The lowest BCUT2D eigenvalue weighted by Crippen LogP contribution is -2.14. The number of ether oxygens (including phenoxy) is 1. The van der Waals surface area contributed by atoms with E-state index >= 15 is 4.39 Å². The summed E-state index contributed by atoms with van der Waals surface area (Å²) >= 11 is 0. The molecule has 172 valence electrons. The Kier molecular flexibility index (Phi) is 7.47. The minimum absolute atomic E-state index is 0.0928. The van der Waals surface area contributed by atoms with Gasteiger partial charge in [0.2, 0.25) is 5.82 Å². The smallest absolute Gasteiger partial charge is 0.201 e. The Balaban J connectivity index is 1.51. The third kappa shape index (κ3) is 5.13. The van der Waals surface area contributed by atoms with Gasteiger partial charge in [-0.15, -0.1) is 0 Å². The molecule has 0 saturated heterocycles. The fraction of sp³-hybridized carbons (Fsp3) is 0.357. The molecule has 4 rings (SSSR count). The van der Waals surface area contributed by atoms with Crippen LogP contribution in [0.15, 0.2) is 54.6 Å². The van der Waals surface area contributed by atoms with E-state index in [2.05, 4.69) is 6.92 Å². The largest absolute Gasteiger partial charge is 0.500 e. The van der Waals surface area contributed by atoms with Gasteiger partial charge in [-0.2, -0.15) is 4.39 Å². The van der Waals surface area contributed by atoms with Gasteiger partial charge in [0.1, 0.15) is 5.82 Å². The number of hydrogen-bond acceptors (Lipinski definition) is 1. The topological polar surface area (TPSA) is 9.23 Å². The second-order valence-corrected chi connectivity index (χ2v) is 8.99. The maximum absolute atomic E-state index is 15.0. The third-order valence-electron chi connectivity index (χ3n) is 6.86. The van der Waals surface area contributed by atoms with Crippen LogP contribution in [-0.2, 0) is 0 Å². The monoisotopic (exact) mass is 450 g/mol. The highest BCUT2D eigenvalue weighted by Crippen LogP contribution is 2.39. The molecule has 0 bridgehead atoms. The van der Waals surface area contributed by atoms with Gasteiger partial charge in [0.05, 0.1) is 6.51 Å². The van der Waals surface area contributed by atoms with Crippen molar-refractivity contribution >= 4 is 7.85 Å². The molecule has 0 atom stereocenters. The van der Waals surface area contributed by atoms with Crippen molar-refractivity contribution < 1.29 is 17.9 Å². The summed E-state index contributed by atoms with van der Waals surface area (Å²) in [5, 5.41) is 0. The third-order valence-corrected chi connectivity index (χ3v) is 6.86. The molecule has 1 fully saturated rings. The van der Waals surface area contributed by atoms with Crippen LogP contribution in [0.1, 0.15) is 56.9 Å². The van der Waals surface area contributed by atoms with Crippen molar-refractivity contribution in [3.8, 4) is 28.0 Å². The van der Waals surface area contributed by atoms with E-state index in [0.717, 1.165) is 35.4 Å². The zero-order valence-corrected chi connectivity index (χ0v) is 19.3. The van der Waals surface area contributed by atoms with E-state index in [1.54, 1.807) is 26.0 Å². The van der Waals surface area contributed by atoms with Gasteiger partial charge in [-0.1, -0.05) is 56.2 Å². The van der Waals surface area contributed by atoms with Gasteiger partial charge < -0.3 is 4.74 Å². The number of rotatable bonds is 7. The molecule has 0 heterocycles. The quantitative estimate of drug-likeness (QED) is 0.339. The van der Waals surface area contributed by atoms with Gasteiger partial charge in [0, 0.05) is 5.56 Å². The lowest BCUT2D eigenvalue weighted by molar-refractivity contribution is 0.304. The molecular formula is C28H30BF3O. The van der Waals surface area contributed by atoms with Crippen molar-refractivity contribution in [1.82, 2.24) is 0 Å². The van der Waals surface area contributed by atoms with Crippen LogP contribution in [0, 0.1) is 23.4 Å². The van der Waals surface area contributed by atoms with Crippen molar-refractivity contribution in [2.75, 3.05) is 6.51 Å². The zero-order valence-electron chi connectivity index (χ0n) is 19.3. The summed E-state index contributed by atoms with van der Waals surface area (Å²) in [6.45, 7) is 2.49. The Labute approximate surface area is 195 Å². The van der Waals surface area contributed by atoms with Crippen LogP contribution in [0.4, 0.5) is 13.2 Å². The molecule has 1 saturated carbocycles. The van der Waals surface area contributed by atoms with E-state index in [1.165, 1.54) is 37.8 Å². The summed E-state index contributed by atoms with van der Waals surface area (Å²) in [7, 11) is 1.72. The van der Waals surface area contributed by atoms with Gasteiger partial charge in [0.15, 0.2) is 19.4 Å². The number of hydrogen-bond donors (Lipinski definition) is 0. The van der Waals surface area contributed by atoms with E-state index in [0.29, 0.717) is 11.5 Å². The molecule has 0 spiro atoms. The Bertz CT molecular complexity index is 1090. The molecule has 3 aromatic rings. The van der Waals surface area contributed by atoms with Crippen molar-refractivity contribution in [2.45, 2.75) is 51.4 Å². The molecule has 1 aliphatic rings. The molecular weight excluding hydrogens is 420 g/mol. The second kappa shape index (κ2) is 10.5. The fourth-order valence-electron chi connectivity index (χ4n) is 5.07. The van der Waals surface area contributed by atoms with Gasteiger partial charge in [-0.05, 0) is 78.0 Å². The van der Waals surface area contributed by atoms with E-state index in [-0.39, 0.29) is 23.6 Å². The van der Waals surface area contributed by atoms with E-state index in [4.69, 9.17) is 4.74 Å². The average molecular weight is 450 g/mol. The molecule has 5 heteroatoms. The van der Waals surface area contributed by atoms with Crippen molar-refractivity contribution in [1.29, 1.82) is 0 Å². The molecule has 0 aromatic heterocycles. The minimum atomic E-state index is -0.986. The Hall–Kier alpha value is -2.69. The van der Waals surface area contributed by atoms with Crippen LogP contribution in [0.2, 0.25) is 0 Å². The summed E-state index contributed by atoms with van der Waals surface area (Å²) in [6.07, 6.45) is 6.97. The van der Waals surface area contributed by atoms with Crippen molar-refractivity contribution in [2.24, 2.45) is 5.92 Å². The highest BCUT2D eigenvalue weighted by atomic mass is 19.2. The second-order valence-electron chi connectivity index (χ2n) is 8.99. The average Bonchev–Trinajstić information content (AvgIpc) is 2.83. The lowest BCUT2D eigenvalue weighted by atomic mass is 9.77. The van der Waals surface area contributed by atoms with Crippen LogP contribution >= 0.6 is 0 Å². The molecule has 1 aliphatic carbocycles. The Morgan fingerprint density at radius 3 is 2.12 bits per heavy atom. The fourth-order valence-corrected chi connectivity index (χ4v) is 5.07. The summed E-state index contributed by atoms with van der Waals surface area (Å²) < 4.78 is 48.9. The predicted octanol–water partition coefficient (Wildman–Crippen LogP) is 7.48. The number of halogens is 3. The lowest BCUT2D eigenvalue weighted by Gasteiger charge is -2.29. The van der Waals surface area contributed by atoms with Crippen LogP contribution in [0.25, 0.3) is 22.3 Å². The Morgan fingerprint density at radius 2 is 1.48 bits per heavy atom. The first-order valence-electron chi connectivity index (χ1n) is 12.0.